The fourth-order valence-corrected chi connectivity index (χ4v) is 3.14. The summed E-state index contributed by atoms with van der Waals surface area (Å²) in [5.74, 6) is 0.896. The highest BCUT2D eigenvalue weighted by Gasteiger charge is 2.29. The smallest absolute Gasteiger partial charge is 0.191 e. The molecule has 122 valence electrons. The molecule has 2 saturated heterocycles. The molecule has 0 aromatic carbocycles. The van der Waals surface area contributed by atoms with E-state index in [1.807, 2.05) is 7.05 Å². The number of rotatable bonds is 7. The molecular weight excluding hydrogens is 264 g/mol. The second-order valence-electron chi connectivity index (χ2n) is 6.51. The van der Waals surface area contributed by atoms with Gasteiger partial charge in [-0.25, -0.2) is 0 Å². The average molecular weight is 296 g/mol. The SMILES string of the molecule is CN=C(NCCCCN1CCCC1)NCC1(C)CCCO1. The zero-order valence-electron chi connectivity index (χ0n) is 13.8. The maximum atomic E-state index is 5.78. The Morgan fingerprint density at radius 2 is 2.00 bits per heavy atom. The van der Waals surface area contributed by atoms with Crippen molar-refractivity contribution in [2.75, 3.05) is 46.4 Å². The minimum absolute atomic E-state index is 0.0205. The Kier molecular flexibility index (Phi) is 6.77. The number of unbranched alkanes of at least 4 members (excludes halogenated alkanes) is 1. The predicted octanol–water partition coefficient (Wildman–Crippen LogP) is 1.60. The summed E-state index contributed by atoms with van der Waals surface area (Å²) in [6.45, 7) is 8.74. The largest absolute Gasteiger partial charge is 0.373 e. The summed E-state index contributed by atoms with van der Waals surface area (Å²) in [5.41, 5.74) is -0.0205. The van der Waals surface area contributed by atoms with Crippen molar-refractivity contribution in [1.29, 1.82) is 0 Å². The molecular formula is C16H32N4O. The van der Waals surface area contributed by atoms with Gasteiger partial charge in [0.2, 0.25) is 0 Å². The molecule has 2 rings (SSSR count). The molecule has 2 aliphatic rings. The normalized spacial score (nSPS) is 27.2. The topological polar surface area (TPSA) is 48.9 Å². The first kappa shape index (κ1) is 16.6. The quantitative estimate of drug-likeness (QED) is 0.426. The summed E-state index contributed by atoms with van der Waals surface area (Å²) >= 11 is 0. The first-order valence-corrected chi connectivity index (χ1v) is 8.53. The molecule has 0 amide bonds. The molecule has 0 aromatic rings. The monoisotopic (exact) mass is 296 g/mol. The third kappa shape index (κ3) is 5.83. The Morgan fingerprint density at radius 1 is 1.19 bits per heavy atom. The number of ether oxygens (including phenoxy) is 1. The molecule has 0 spiro atoms. The van der Waals surface area contributed by atoms with Gasteiger partial charge in [0.1, 0.15) is 0 Å². The van der Waals surface area contributed by atoms with E-state index in [9.17, 15) is 0 Å². The van der Waals surface area contributed by atoms with E-state index >= 15 is 0 Å². The van der Waals surface area contributed by atoms with Crippen LogP contribution in [0.15, 0.2) is 4.99 Å². The lowest BCUT2D eigenvalue weighted by atomic mass is 10.0. The molecule has 0 aliphatic carbocycles. The van der Waals surface area contributed by atoms with Gasteiger partial charge in [-0.3, -0.25) is 4.99 Å². The zero-order valence-corrected chi connectivity index (χ0v) is 13.8. The zero-order chi connectivity index (χ0) is 15.0. The van der Waals surface area contributed by atoms with Crippen molar-refractivity contribution in [2.45, 2.75) is 51.0 Å². The van der Waals surface area contributed by atoms with Crippen molar-refractivity contribution in [2.24, 2.45) is 4.99 Å². The highest BCUT2D eigenvalue weighted by atomic mass is 16.5. The fraction of sp³-hybridized carbons (Fsp3) is 0.938. The molecule has 0 aromatic heterocycles. The Morgan fingerprint density at radius 3 is 2.67 bits per heavy atom. The molecule has 2 heterocycles. The van der Waals surface area contributed by atoms with Crippen LogP contribution in [0, 0.1) is 0 Å². The van der Waals surface area contributed by atoms with Gasteiger partial charge in [-0.15, -0.1) is 0 Å². The van der Waals surface area contributed by atoms with Crippen molar-refractivity contribution in [3.63, 3.8) is 0 Å². The van der Waals surface area contributed by atoms with E-state index in [1.54, 1.807) is 0 Å². The van der Waals surface area contributed by atoms with E-state index in [-0.39, 0.29) is 5.60 Å². The van der Waals surface area contributed by atoms with Gasteiger partial charge in [0.15, 0.2) is 5.96 Å². The molecule has 1 unspecified atom stereocenters. The summed E-state index contributed by atoms with van der Waals surface area (Å²) in [7, 11) is 1.83. The number of likely N-dealkylation sites (tertiary alicyclic amines) is 1. The lowest BCUT2D eigenvalue weighted by molar-refractivity contribution is 0.0243. The number of hydrogen-bond donors (Lipinski definition) is 2. The van der Waals surface area contributed by atoms with E-state index in [0.717, 1.165) is 32.1 Å². The lowest BCUT2D eigenvalue weighted by Gasteiger charge is -2.24. The second-order valence-corrected chi connectivity index (χ2v) is 6.51. The molecule has 0 bridgehead atoms. The van der Waals surface area contributed by atoms with Crippen LogP contribution in [0.3, 0.4) is 0 Å². The van der Waals surface area contributed by atoms with Crippen LogP contribution >= 0.6 is 0 Å². The molecule has 5 nitrogen and oxygen atoms in total. The van der Waals surface area contributed by atoms with Gasteiger partial charge in [0, 0.05) is 26.7 Å². The standard InChI is InChI=1S/C16H32N4O/c1-16(8-7-13-21-16)14-19-15(17-2)18-9-3-4-10-20-11-5-6-12-20/h3-14H2,1-2H3,(H2,17,18,19). The molecule has 0 radical (unpaired) electrons. The van der Waals surface area contributed by atoms with Gasteiger partial charge in [-0.2, -0.15) is 0 Å². The Hall–Kier alpha value is -0.810. The van der Waals surface area contributed by atoms with Crippen molar-refractivity contribution in [1.82, 2.24) is 15.5 Å². The highest BCUT2D eigenvalue weighted by molar-refractivity contribution is 5.79. The van der Waals surface area contributed by atoms with Gasteiger partial charge >= 0.3 is 0 Å². The van der Waals surface area contributed by atoms with Crippen LogP contribution in [0.4, 0.5) is 0 Å². The Labute approximate surface area is 129 Å². The van der Waals surface area contributed by atoms with Crippen LogP contribution in [0.25, 0.3) is 0 Å². The molecule has 2 aliphatic heterocycles. The van der Waals surface area contributed by atoms with Crippen molar-refractivity contribution in [3.05, 3.63) is 0 Å². The van der Waals surface area contributed by atoms with E-state index in [2.05, 4.69) is 27.4 Å². The third-order valence-corrected chi connectivity index (χ3v) is 4.55. The van der Waals surface area contributed by atoms with Crippen molar-refractivity contribution in [3.8, 4) is 0 Å². The van der Waals surface area contributed by atoms with E-state index in [0.29, 0.717) is 0 Å². The minimum Gasteiger partial charge on any atom is -0.373 e. The molecule has 5 heteroatoms. The number of aliphatic imine (C=N–C) groups is 1. The van der Waals surface area contributed by atoms with Crippen LogP contribution in [0.2, 0.25) is 0 Å². The maximum absolute atomic E-state index is 5.78. The molecule has 21 heavy (non-hydrogen) atoms. The van der Waals surface area contributed by atoms with E-state index < -0.39 is 0 Å². The molecule has 2 fully saturated rings. The molecule has 2 N–H and O–H groups in total. The van der Waals surface area contributed by atoms with Crippen LogP contribution in [0.1, 0.15) is 45.4 Å². The van der Waals surface area contributed by atoms with Gasteiger partial charge in [-0.1, -0.05) is 0 Å². The molecule has 0 saturated carbocycles. The van der Waals surface area contributed by atoms with Crippen LogP contribution in [0.5, 0.6) is 0 Å². The Bertz CT molecular complexity index is 320. The predicted molar refractivity (Wildman–Crippen MR) is 87.9 cm³/mol. The van der Waals surface area contributed by atoms with Gasteiger partial charge < -0.3 is 20.3 Å². The summed E-state index contributed by atoms with van der Waals surface area (Å²) in [6, 6.07) is 0. The van der Waals surface area contributed by atoms with Gasteiger partial charge in [-0.05, 0) is 65.1 Å². The van der Waals surface area contributed by atoms with Crippen LogP contribution in [-0.4, -0.2) is 62.8 Å². The number of nitrogens with one attached hydrogen (secondary N) is 2. The fourth-order valence-electron chi connectivity index (χ4n) is 3.14. The third-order valence-electron chi connectivity index (χ3n) is 4.55. The van der Waals surface area contributed by atoms with Gasteiger partial charge in [0.05, 0.1) is 5.60 Å². The van der Waals surface area contributed by atoms with Crippen molar-refractivity contribution < 1.29 is 4.74 Å². The maximum Gasteiger partial charge on any atom is 0.191 e. The first-order chi connectivity index (χ1) is 10.2. The number of guanidine groups is 1. The van der Waals surface area contributed by atoms with E-state index in [1.165, 1.54) is 51.7 Å². The summed E-state index contributed by atoms with van der Waals surface area (Å²) < 4.78 is 5.78. The highest BCUT2D eigenvalue weighted by Crippen LogP contribution is 2.23. The van der Waals surface area contributed by atoms with E-state index in [4.69, 9.17) is 4.74 Å². The first-order valence-electron chi connectivity index (χ1n) is 8.53. The summed E-state index contributed by atoms with van der Waals surface area (Å²) in [5, 5.41) is 6.79. The minimum atomic E-state index is -0.0205. The van der Waals surface area contributed by atoms with Crippen LogP contribution < -0.4 is 10.6 Å². The summed E-state index contributed by atoms with van der Waals surface area (Å²) in [6.07, 6.45) is 7.54. The molecule has 1 atom stereocenters. The Balaban J connectivity index is 1.53. The van der Waals surface area contributed by atoms with Crippen molar-refractivity contribution >= 4 is 5.96 Å². The average Bonchev–Trinajstić information content (AvgIpc) is 3.14. The number of hydrogen-bond acceptors (Lipinski definition) is 3. The lowest BCUT2D eigenvalue weighted by Crippen LogP contribution is -2.45. The van der Waals surface area contributed by atoms with Gasteiger partial charge in [0.25, 0.3) is 0 Å². The summed E-state index contributed by atoms with van der Waals surface area (Å²) in [4.78, 5) is 6.86. The van der Waals surface area contributed by atoms with Crippen LogP contribution in [-0.2, 0) is 4.74 Å². The second kappa shape index (κ2) is 8.59. The number of nitrogens with zero attached hydrogens (tertiary/aromatic N) is 2.